The Bertz CT molecular complexity index is 1490. The molecular formula is C28H41ClN7O6P2+. The van der Waals surface area contributed by atoms with Gasteiger partial charge in [0.15, 0.2) is 11.5 Å². The second-order valence-corrected chi connectivity index (χ2v) is 14.0. The number of nitrogen functional groups attached to an aromatic ring is 1. The van der Waals surface area contributed by atoms with Crippen molar-refractivity contribution < 1.29 is 31.9 Å². The number of rotatable bonds is 15. The summed E-state index contributed by atoms with van der Waals surface area (Å²) in [5.41, 5.74) is 6.94. The zero-order chi connectivity index (χ0) is 31.9. The van der Waals surface area contributed by atoms with E-state index in [1.807, 2.05) is 45.3 Å². The first kappa shape index (κ1) is 34.4. The van der Waals surface area contributed by atoms with Gasteiger partial charge < -0.3 is 24.1 Å². The van der Waals surface area contributed by atoms with Crippen molar-refractivity contribution in [3.05, 3.63) is 41.9 Å². The van der Waals surface area contributed by atoms with E-state index in [4.69, 9.17) is 40.1 Å². The van der Waals surface area contributed by atoms with Crippen LogP contribution in [-0.4, -0.2) is 62.6 Å². The molecule has 0 aliphatic carbocycles. The number of anilines is 1. The third-order valence-corrected chi connectivity index (χ3v) is 10.9. The first-order valence-corrected chi connectivity index (χ1v) is 17.6. The van der Waals surface area contributed by atoms with Crippen LogP contribution in [0.2, 0.25) is 5.28 Å². The third kappa shape index (κ3) is 8.59. The summed E-state index contributed by atoms with van der Waals surface area (Å²) >= 11 is 6.07. The van der Waals surface area contributed by atoms with Gasteiger partial charge in [0.25, 0.3) is 0 Å². The van der Waals surface area contributed by atoms with Crippen molar-refractivity contribution in [1.82, 2.24) is 24.6 Å². The summed E-state index contributed by atoms with van der Waals surface area (Å²) in [6.45, 7) is 13.9. The lowest BCUT2D eigenvalue weighted by Gasteiger charge is -2.35. The van der Waals surface area contributed by atoms with Crippen LogP contribution in [-0.2, 0) is 22.8 Å². The molecule has 0 saturated heterocycles. The molecule has 0 spiro atoms. The number of nitrogens with one attached hydrogen (secondary N) is 1. The van der Waals surface area contributed by atoms with E-state index in [1.165, 1.54) is 0 Å². The van der Waals surface area contributed by atoms with E-state index in [0.29, 0.717) is 43.0 Å². The summed E-state index contributed by atoms with van der Waals surface area (Å²) in [4.78, 5) is 12.7. The largest absolute Gasteiger partial charge is 0.465 e. The van der Waals surface area contributed by atoms with E-state index in [2.05, 4.69) is 39.0 Å². The lowest BCUT2D eigenvalue weighted by atomic mass is 9.96. The average Bonchev–Trinajstić information content (AvgIpc) is 3.30. The molecule has 16 heteroatoms. The fraction of sp³-hybridized carbons (Fsp3) is 0.536. The van der Waals surface area contributed by atoms with Crippen molar-refractivity contribution in [2.45, 2.75) is 66.2 Å². The van der Waals surface area contributed by atoms with Crippen molar-refractivity contribution in [1.29, 1.82) is 0 Å². The lowest BCUT2D eigenvalue weighted by molar-refractivity contribution is -1.08. The smallest absolute Gasteiger partial charge is 0.441 e. The van der Waals surface area contributed by atoms with E-state index in [-0.39, 0.29) is 40.4 Å². The van der Waals surface area contributed by atoms with Gasteiger partial charge in [-0.05, 0) is 76.6 Å². The Morgan fingerprint density at radius 1 is 1.23 bits per heavy atom. The number of benzene rings is 1. The van der Waals surface area contributed by atoms with Crippen molar-refractivity contribution >= 4 is 44.9 Å². The van der Waals surface area contributed by atoms with Gasteiger partial charge in [-0.2, -0.15) is 14.6 Å². The molecule has 3 aromatic rings. The van der Waals surface area contributed by atoms with E-state index >= 15 is 0 Å². The number of aromatic nitrogens is 4. The Morgan fingerprint density at radius 3 is 2.59 bits per heavy atom. The zero-order valence-electron chi connectivity index (χ0n) is 25.8. The van der Waals surface area contributed by atoms with Gasteiger partial charge in [0.1, 0.15) is 49.2 Å². The van der Waals surface area contributed by atoms with Crippen molar-refractivity contribution in [3.63, 3.8) is 0 Å². The molecule has 0 radical (unpaired) electrons. The number of nitrogens with two attached hydrogens (primary N) is 1. The number of halogens is 1. The molecule has 2 aromatic heterocycles. The zero-order valence-corrected chi connectivity index (χ0v) is 28.4. The molecule has 240 valence electrons. The Labute approximate surface area is 264 Å². The number of hydrogen-bond donors (Lipinski definition) is 2. The maximum absolute atomic E-state index is 14.0. The van der Waals surface area contributed by atoms with Gasteiger partial charge >= 0.3 is 16.3 Å². The molecule has 0 saturated carbocycles. The topological polar surface area (TPSA) is 145 Å². The Morgan fingerprint density at radius 2 is 1.93 bits per heavy atom. The second-order valence-electron chi connectivity index (χ2n) is 10.7. The summed E-state index contributed by atoms with van der Waals surface area (Å²) in [6.07, 6.45) is 4.57. The molecule has 1 aliphatic rings. The number of hydrogen-bond acceptors (Lipinski definition) is 10. The van der Waals surface area contributed by atoms with Crippen LogP contribution in [0.1, 0.15) is 54.0 Å². The van der Waals surface area contributed by atoms with Crippen molar-refractivity contribution in [2.24, 2.45) is 5.92 Å². The first-order valence-electron chi connectivity index (χ1n) is 14.6. The molecule has 0 fully saturated rings. The minimum atomic E-state index is -3.93. The van der Waals surface area contributed by atoms with Crippen molar-refractivity contribution in [3.8, 4) is 17.8 Å². The van der Waals surface area contributed by atoms with Crippen LogP contribution >= 0.6 is 27.9 Å². The SMILES string of the molecule is CC[N+](CC)(CC)OP(OCC1C[C@@H](C)C(n2cnc3c(N)nc(Cl)nc32)C#CO1)OP(=O)(NC(C)C)Oc1ccccc1. The maximum Gasteiger partial charge on any atom is 0.465 e. The minimum absolute atomic E-state index is 0.00838. The second kappa shape index (κ2) is 15.2. The van der Waals surface area contributed by atoms with Crippen LogP contribution in [0.15, 0.2) is 36.7 Å². The lowest BCUT2D eigenvalue weighted by Crippen LogP contribution is -2.46. The molecule has 4 unspecified atom stereocenters. The number of nitrogens with zero attached hydrogens (tertiary/aromatic N) is 5. The van der Waals surface area contributed by atoms with Gasteiger partial charge in [0, 0.05) is 6.04 Å². The Hall–Kier alpha value is -2.52. The van der Waals surface area contributed by atoms with Crippen LogP contribution in [0, 0.1) is 17.9 Å². The average molecular weight is 669 g/mol. The summed E-state index contributed by atoms with van der Waals surface area (Å²) in [6, 6.07) is 8.32. The van der Waals surface area contributed by atoms with Gasteiger partial charge in [0.2, 0.25) is 5.28 Å². The Balaban J connectivity index is 1.52. The number of ether oxygens (including phenoxy) is 1. The van der Waals surface area contributed by atoms with Gasteiger partial charge in [-0.3, -0.25) is 0 Å². The molecule has 1 aliphatic heterocycles. The van der Waals surface area contributed by atoms with Crippen LogP contribution in [0.3, 0.4) is 0 Å². The number of imidazole rings is 1. The van der Waals surface area contributed by atoms with Gasteiger partial charge in [-0.15, -0.1) is 4.62 Å². The molecule has 1 aromatic carbocycles. The number of para-hydroxylation sites is 1. The highest BCUT2D eigenvalue weighted by Gasteiger charge is 2.40. The molecule has 4 rings (SSSR count). The van der Waals surface area contributed by atoms with Crippen LogP contribution in [0.25, 0.3) is 11.2 Å². The van der Waals surface area contributed by atoms with E-state index < -0.39 is 22.5 Å². The van der Waals surface area contributed by atoms with Gasteiger partial charge in [-0.25, -0.2) is 18.9 Å². The highest BCUT2D eigenvalue weighted by atomic mass is 35.5. The predicted molar refractivity (Wildman–Crippen MR) is 170 cm³/mol. The summed E-state index contributed by atoms with van der Waals surface area (Å²) in [5.74, 6) is 3.73. The molecule has 0 bridgehead atoms. The number of quaternary nitrogens is 1. The normalized spacial score (nSPS) is 20.8. The quantitative estimate of drug-likeness (QED) is 0.0624. The van der Waals surface area contributed by atoms with Crippen molar-refractivity contribution in [2.75, 3.05) is 32.0 Å². The van der Waals surface area contributed by atoms with Crippen LogP contribution < -0.4 is 15.3 Å². The molecule has 44 heavy (non-hydrogen) atoms. The number of fused-ring (bicyclic) bond motifs is 1. The molecule has 5 atom stereocenters. The highest BCUT2D eigenvalue weighted by molar-refractivity contribution is 7.61. The maximum atomic E-state index is 14.0. The monoisotopic (exact) mass is 668 g/mol. The minimum Gasteiger partial charge on any atom is -0.441 e. The summed E-state index contributed by atoms with van der Waals surface area (Å²) in [7, 11) is -6.10. The van der Waals surface area contributed by atoms with Crippen LogP contribution in [0.5, 0.6) is 5.75 Å². The van der Waals surface area contributed by atoms with E-state index in [1.54, 1.807) is 30.6 Å². The Kier molecular flexibility index (Phi) is 11.8. The number of hydroxylamine groups is 3. The highest BCUT2D eigenvalue weighted by Crippen LogP contribution is 2.59. The fourth-order valence-corrected chi connectivity index (χ4v) is 8.31. The van der Waals surface area contributed by atoms with Crippen LogP contribution in [0.4, 0.5) is 5.82 Å². The fourth-order valence-electron chi connectivity index (χ4n) is 4.75. The predicted octanol–water partition coefficient (Wildman–Crippen LogP) is 6.24. The molecule has 3 N–H and O–H groups in total. The summed E-state index contributed by atoms with van der Waals surface area (Å²) in [5, 5.41) is 2.97. The third-order valence-electron chi connectivity index (χ3n) is 7.22. The molecule has 13 nitrogen and oxygen atoms in total. The molecule has 0 amide bonds. The molecule has 3 heterocycles. The standard InChI is InChI=1S/C28H41ClN7O6P2/c1-7-36(8-2,9-3)41-43(42-44(37,34-20(4)5)40-22-13-11-10-12-14-22)39-18-23-17-21(6)24(15-16-38-23)35-19-31-25-26(30)32-28(29)33-27(25)35/h10-14,19-21,23-24H,7-9,17-18H2,1-6H3,(H,34,37)(H2,30,32,33)/q+1/t21-,23?,24?,43?,44?/m1/s1. The van der Waals surface area contributed by atoms with Gasteiger partial charge in [0.05, 0.1) is 12.9 Å². The summed E-state index contributed by atoms with van der Waals surface area (Å²) < 4.78 is 46.6. The first-order chi connectivity index (χ1) is 21.0. The van der Waals surface area contributed by atoms with E-state index in [0.717, 1.165) is 0 Å². The molecular weight excluding hydrogens is 628 g/mol. The van der Waals surface area contributed by atoms with Gasteiger partial charge in [-0.1, -0.05) is 25.1 Å². The van der Waals surface area contributed by atoms with E-state index in [9.17, 15) is 4.57 Å².